The minimum Gasteiger partial charge on any atom is -0.337 e. The summed E-state index contributed by atoms with van der Waals surface area (Å²) >= 11 is 12.3. The molecule has 27 heavy (non-hydrogen) atoms. The van der Waals surface area contributed by atoms with Crippen molar-refractivity contribution >= 4 is 41.3 Å². The number of hydrogen-bond donors (Lipinski definition) is 0. The molecule has 0 radical (unpaired) electrons. The van der Waals surface area contributed by atoms with E-state index in [1.54, 1.807) is 30.4 Å². The van der Waals surface area contributed by atoms with Crippen molar-refractivity contribution < 1.29 is 4.79 Å². The number of carbonyl (C=O) groups is 1. The third-order valence-corrected chi connectivity index (χ3v) is 5.21. The van der Waals surface area contributed by atoms with Crippen molar-refractivity contribution in [1.29, 1.82) is 0 Å². The Morgan fingerprint density at radius 2 is 1.56 bits per heavy atom. The molecule has 1 saturated heterocycles. The predicted molar refractivity (Wildman–Crippen MR) is 114 cm³/mol. The van der Waals surface area contributed by atoms with Gasteiger partial charge in [-0.25, -0.2) is 0 Å². The molecule has 0 bridgehead atoms. The molecule has 1 fully saturated rings. The van der Waals surface area contributed by atoms with Gasteiger partial charge in [0.25, 0.3) is 0 Å². The fourth-order valence-electron chi connectivity index (χ4n) is 2.98. The molecule has 0 spiro atoms. The first-order valence-corrected chi connectivity index (χ1v) is 9.74. The molecule has 1 aliphatic heterocycles. The van der Waals surface area contributed by atoms with Crippen LogP contribution in [0.4, 0.5) is 0 Å². The van der Waals surface area contributed by atoms with Gasteiger partial charge in [-0.2, -0.15) is 0 Å². The summed E-state index contributed by atoms with van der Waals surface area (Å²) in [6.45, 7) is 4.07. The molecule has 0 aromatic heterocycles. The largest absolute Gasteiger partial charge is 0.337 e. The van der Waals surface area contributed by atoms with Crippen LogP contribution in [-0.4, -0.2) is 48.4 Å². The molecule has 2 aromatic carbocycles. The van der Waals surface area contributed by atoms with Crippen molar-refractivity contribution in [2.45, 2.75) is 0 Å². The Morgan fingerprint density at radius 1 is 0.889 bits per heavy atom. The van der Waals surface area contributed by atoms with Crippen LogP contribution in [0, 0.1) is 0 Å². The van der Waals surface area contributed by atoms with Gasteiger partial charge in [-0.1, -0.05) is 71.8 Å². The van der Waals surface area contributed by atoms with Crippen LogP contribution < -0.4 is 0 Å². The van der Waals surface area contributed by atoms with Crippen molar-refractivity contribution in [3.05, 3.63) is 81.9 Å². The molecule has 0 N–H and O–H groups in total. The normalized spacial score (nSPS) is 15.7. The van der Waals surface area contributed by atoms with E-state index in [1.165, 1.54) is 5.56 Å². The van der Waals surface area contributed by atoms with Crippen LogP contribution in [0.25, 0.3) is 12.2 Å². The quantitative estimate of drug-likeness (QED) is 0.668. The Kier molecular flexibility index (Phi) is 7.11. The van der Waals surface area contributed by atoms with Gasteiger partial charge in [0.2, 0.25) is 5.91 Å². The summed E-state index contributed by atoms with van der Waals surface area (Å²) in [4.78, 5) is 16.6. The number of nitrogens with zero attached hydrogens (tertiary/aromatic N) is 2. The van der Waals surface area contributed by atoms with Crippen LogP contribution in [0.3, 0.4) is 0 Å². The van der Waals surface area contributed by atoms with Crippen molar-refractivity contribution in [2.24, 2.45) is 0 Å². The van der Waals surface area contributed by atoms with E-state index < -0.39 is 0 Å². The maximum Gasteiger partial charge on any atom is 0.246 e. The second-order valence-electron chi connectivity index (χ2n) is 6.41. The number of halogens is 2. The lowest BCUT2D eigenvalue weighted by Gasteiger charge is -2.33. The standard InChI is InChI=1S/C22H22Cl2N2O/c23-20-9-4-10-21(24)19(20)11-12-22(27)26-16-14-25(15-17-26)13-5-8-18-6-2-1-3-7-18/h1-12H,13-17H2. The van der Waals surface area contributed by atoms with Gasteiger partial charge in [-0.15, -0.1) is 0 Å². The first-order valence-electron chi connectivity index (χ1n) is 8.98. The van der Waals surface area contributed by atoms with Gasteiger partial charge < -0.3 is 4.90 Å². The SMILES string of the molecule is O=C(C=Cc1c(Cl)cccc1Cl)N1CCN(CC=Cc2ccccc2)CC1. The van der Waals surface area contributed by atoms with Gasteiger partial charge in [0.1, 0.15) is 0 Å². The summed E-state index contributed by atoms with van der Waals surface area (Å²) in [5.41, 5.74) is 1.88. The van der Waals surface area contributed by atoms with Gasteiger partial charge in [-0.3, -0.25) is 9.69 Å². The first-order chi connectivity index (χ1) is 13.1. The molecular weight excluding hydrogens is 379 g/mol. The molecule has 0 unspecified atom stereocenters. The van der Waals surface area contributed by atoms with Crippen LogP contribution in [0.2, 0.25) is 10.0 Å². The molecule has 140 valence electrons. The number of rotatable bonds is 5. The van der Waals surface area contributed by atoms with E-state index in [0.29, 0.717) is 15.6 Å². The lowest BCUT2D eigenvalue weighted by Crippen LogP contribution is -2.48. The van der Waals surface area contributed by atoms with E-state index in [1.807, 2.05) is 23.1 Å². The van der Waals surface area contributed by atoms with Crippen molar-refractivity contribution in [3.63, 3.8) is 0 Å². The fraction of sp³-hybridized carbons (Fsp3) is 0.227. The zero-order valence-corrected chi connectivity index (χ0v) is 16.5. The lowest BCUT2D eigenvalue weighted by atomic mass is 10.2. The smallest absolute Gasteiger partial charge is 0.246 e. The summed E-state index contributed by atoms with van der Waals surface area (Å²) in [6, 6.07) is 15.6. The molecule has 0 saturated carbocycles. The van der Waals surface area contributed by atoms with E-state index in [-0.39, 0.29) is 5.91 Å². The van der Waals surface area contributed by atoms with E-state index in [9.17, 15) is 4.79 Å². The minimum atomic E-state index is -0.00883. The summed E-state index contributed by atoms with van der Waals surface area (Å²) in [5, 5.41) is 1.09. The fourth-order valence-corrected chi connectivity index (χ4v) is 3.51. The maximum absolute atomic E-state index is 12.4. The number of amides is 1. The zero-order chi connectivity index (χ0) is 19.1. The van der Waals surface area contributed by atoms with Crippen LogP contribution in [0.1, 0.15) is 11.1 Å². The van der Waals surface area contributed by atoms with Gasteiger partial charge in [0.05, 0.1) is 0 Å². The van der Waals surface area contributed by atoms with E-state index in [4.69, 9.17) is 23.2 Å². The maximum atomic E-state index is 12.4. The molecule has 3 rings (SSSR count). The average molecular weight is 401 g/mol. The highest BCUT2D eigenvalue weighted by Gasteiger charge is 2.18. The van der Waals surface area contributed by atoms with Crippen LogP contribution in [-0.2, 0) is 4.79 Å². The molecule has 1 aliphatic rings. The zero-order valence-electron chi connectivity index (χ0n) is 15.0. The molecule has 5 heteroatoms. The Morgan fingerprint density at radius 3 is 2.22 bits per heavy atom. The number of benzene rings is 2. The Bertz CT molecular complexity index is 805. The minimum absolute atomic E-state index is 0.00883. The summed E-state index contributed by atoms with van der Waals surface area (Å²) < 4.78 is 0. The molecule has 3 nitrogen and oxygen atoms in total. The Hall–Kier alpha value is -2.07. The van der Waals surface area contributed by atoms with Crippen LogP contribution >= 0.6 is 23.2 Å². The molecule has 2 aromatic rings. The highest BCUT2D eigenvalue weighted by molar-refractivity contribution is 6.37. The first kappa shape index (κ1) is 19.7. The van der Waals surface area contributed by atoms with Crippen LogP contribution in [0.15, 0.2) is 60.7 Å². The molecule has 0 atom stereocenters. The number of carbonyl (C=O) groups excluding carboxylic acids is 1. The van der Waals surface area contributed by atoms with Crippen molar-refractivity contribution in [1.82, 2.24) is 9.80 Å². The number of piperazine rings is 1. The summed E-state index contributed by atoms with van der Waals surface area (Å²) in [6.07, 6.45) is 7.56. The van der Waals surface area contributed by atoms with Gasteiger partial charge in [-0.05, 0) is 23.8 Å². The third-order valence-electron chi connectivity index (χ3n) is 4.55. The molecule has 1 amide bonds. The van der Waals surface area contributed by atoms with E-state index >= 15 is 0 Å². The lowest BCUT2D eigenvalue weighted by molar-refractivity contribution is -0.127. The van der Waals surface area contributed by atoms with Gasteiger partial charge in [0, 0.05) is 54.4 Å². The predicted octanol–water partition coefficient (Wildman–Crippen LogP) is 4.86. The molecule has 0 aliphatic carbocycles. The summed E-state index contributed by atoms with van der Waals surface area (Å²) in [5.74, 6) is -0.00883. The third kappa shape index (κ3) is 5.70. The average Bonchev–Trinajstić information content (AvgIpc) is 2.69. The highest BCUT2D eigenvalue weighted by Crippen LogP contribution is 2.25. The Balaban J connectivity index is 1.48. The summed E-state index contributed by atoms with van der Waals surface area (Å²) in [7, 11) is 0. The van der Waals surface area contributed by atoms with Gasteiger partial charge in [0.15, 0.2) is 0 Å². The van der Waals surface area contributed by atoms with E-state index in [2.05, 4.69) is 29.2 Å². The second-order valence-corrected chi connectivity index (χ2v) is 7.22. The Labute approximate surface area is 170 Å². The molecular formula is C22H22Cl2N2O. The monoisotopic (exact) mass is 400 g/mol. The van der Waals surface area contributed by atoms with Gasteiger partial charge >= 0.3 is 0 Å². The van der Waals surface area contributed by atoms with Crippen molar-refractivity contribution in [3.8, 4) is 0 Å². The van der Waals surface area contributed by atoms with Crippen molar-refractivity contribution in [2.75, 3.05) is 32.7 Å². The van der Waals surface area contributed by atoms with E-state index in [0.717, 1.165) is 32.7 Å². The molecule has 1 heterocycles. The topological polar surface area (TPSA) is 23.6 Å². The number of hydrogen-bond acceptors (Lipinski definition) is 2. The van der Waals surface area contributed by atoms with Crippen LogP contribution in [0.5, 0.6) is 0 Å². The second kappa shape index (κ2) is 9.75. The highest BCUT2D eigenvalue weighted by atomic mass is 35.5.